The van der Waals surface area contributed by atoms with E-state index in [1.807, 2.05) is 57.1 Å². The molecule has 204 valence electrons. The van der Waals surface area contributed by atoms with Crippen LogP contribution in [0.5, 0.6) is 17.2 Å². The standard InChI is InChI=1S/C29H39N5O4/c1-5-36-24-14-13-23(25(37-6-2)26(24)38-7-3)27(35)32-19-29(21-11-9-8-10-12-21)17-15-22(16-18-29)34(4)28(31)33-20-30/h8-14,22H,5-7,15-19H2,1-4H3,(H2,31,33)(H,32,35). The Bertz CT molecular complexity index is 1120. The van der Waals surface area contributed by atoms with Crippen LogP contribution in [-0.2, 0) is 5.41 Å². The Balaban J connectivity index is 1.84. The Hall–Kier alpha value is -3.93. The molecule has 0 saturated heterocycles. The molecule has 1 fully saturated rings. The summed E-state index contributed by atoms with van der Waals surface area (Å²) in [6.45, 7) is 7.38. The summed E-state index contributed by atoms with van der Waals surface area (Å²) in [6, 6.07) is 13.9. The SMILES string of the molecule is CCOc1ccc(C(=O)NCC2(c3ccccc3)CCC(N(C)C(=N)NC#N)CC2)c(OCC)c1OCC. The molecule has 2 aromatic rings. The molecule has 0 spiro atoms. The van der Waals surface area contributed by atoms with Crippen LogP contribution >= 0.6 is 0 Å². The first-order chi connectivity index (χ1) is 18.4. The van der Waals surface area contributed by atoms with Crippen LogP contribution in [0.4, 0.5) is 0 Å². The molecule has 1 aliphatic carbocycles. The maximum atomic E-state index is 13.6. The number of nitrogens with zero attached hydrogens (tertiary/aromatic N) is 2. The quantitative estimate of drug-likeness (QED) is 0.173. The number of ether oxygens (including phenoxy) is 3. The molecular weight excluding hydrogens is 482 g/mol. The van der Waals surface area contributed by atoms with Gasteiger partial charge in [0.1, 0.15) is 0 Å². The predicted molar refractivity (Wildman–Crippen MR) is 147 cm³/mol. The van der Waals surface area contributed by atoms with E-state index in [2.05, 4.69) is 22.8 Å². The number of hydrogen-bond donors (Lipinski definition) is 3. The number of rotatable bonds is 11. The zero-order chi connectivity index (χ0) is 27.5. The summed E-state index contributed by atoms with van der Waals surface area (Å²) in [7, 11) is 1.84. The highest BCUT2D eigenvalue weighted by molar-refractivity contribution is 5.98. The monoisotopic (exact) mass is 521 g/mol. The van der Waals surface area contributed by atoms with Crippen molar-refractivity contribution in [1.29, 1.82) is 10.7 Å². The summed E-state index contributed by atoms with van der Waals surface area (Å²) >= 11 is 0. The zero-order valence-corrected chi connectivity index (χ0v) is 22.8. The van der Waals surface area contributed by atoms with Gasteiger partial charge in [-0.2, -0.15) is 5.26 Å². The maximum absolute atomic E-state index is 13.6. The number of benzene rings is 2. The third-order valence-electron chi connectivity index (χ3n) is 7.16. The Kier molecular flexibility index (Phi) is 10.2. The molecular formula is C29H39N5O4. The molecule has 0 aliphatic heterocycles. The van der Waals surface area contributed by atoms with Gasteiger partial charge in [0.2, 0.25) is 11.7 Å². The molecule has 9 nitrogen and oxygen atoms in total. The number of guanidine groups is 1. The van der Waals surface area contributed by atoms with Gasteiger partial charge in [-0.3, -0.25) is 15.5 Å². The van der Waals surface area contributed by atoms with Crippen molar-refractivity contribution in [1.82, 2.24) is 15.5 Å². The molecule has 1 saturated carbocycles. The second-order valence-corrected chi connectivity index (χ2v) is 9.33. The summed E-state index contributed by atoms with van der Waals surface area (Å²) < 4.78 is 17.5. The fourth-order valence-corrected chi connectivity index (χ4v) is 5.13. The number of hydrogen-bond acceptors (Lipinski definition) is 6. The Morgan fingerprint density at radius 3 is 2.26 bits per heavy atom. The molecule has 2 aromatic carbocycles. The van der Waals surface area contributed by atoms with Gasteiger partial charge in [-0.1, -0.05) is 30.3 Å². The van der Waals surface area contributed by atoms with Crippen LogP contribution in [0.2, 0.25) is 0 Å². The van der Waals surface area contributed by atoms with Crippen LogP contribution in [0.3, 0.4) is 0 Å². The molecule has 0 aromatic heterocycles. The van der Waals surface area contributed by atoms with Crippen molar-refractivity contribution in [2.45, 2.75) is 57.9 Å². The summed E-state index contributed by atoms with van der Waals surface area (Å²) in [5.74, 6) is 1.25. The first kappa shape index (κ1) is 28.6. The highest BCUT2D eigenvalue weighted by atomic mass is 16.5. The first-order valence-electron chi connectivity index (χ1n) is 13.3. The number of nitrogens with one attached hydrogen (secondary N) is 3. The second-order valence-electron chi connectivity index (χ2n) is 9.33. The number of nitriles is 1. The topological polar surface area (TPSA) is 120 Å². The first-order valence-corrected chi connectivity index (χ1v) is 13.3. The lowest BCUT2D eigenvalue weighted by molar-refractivity contribution is 0.0925. The molecule has 1 amide bonds. The molecule has 38 heavy (non-hydrogen) atoms. The lowest BCUT2D eigenvalue weighted by atomic mass is 9.68. The van der Waals surface area contributed by atoms with Crippen LogP contribution in [0.1, 0.15) is 62.4 Å². The molecule has 9 heteroatoms. The fraction of sp³-hybridized carbons (Fsp3) is 0.483. The highest BCUT2D eigenvalue weighted by Gasteiger charge is 2.39. The summed E-state index contributed by atoms with van der Waals surface area (Å²) in [5.41, 5.74) is 1.34. The van der Waals surface area contributed by atoms with E-state index < -0.39 is 0 Å². The van der Waals surface area contributed by atoms with Crippen molar-refractivity contribution in [3.8, 4) is 23.4 Å². The van der Waals surface area contributed by atoms with Gasteiger partial charge < -0.3 is 24.4 Å². The normalized spacial score (nSPS) is 18.6. The molecule has 0 atom stereocenters. The number of carbonyl (C=O) groups is 1. The average Bonchev–Trinajstić information content (AvgIpc) is 2.94. The Morgan fingerprint density at radius 1 is 1.03 bits per heavy atom. The van der Waals surface area contributed by atoms with Crippen LogP contribution in [0, 0.1) is 16.9 Å². The molecule has 0 unspecified atom stereocenters. The summed E-state index contributed by atoms with van der Waals surface area (Å²) in [5, 5.41) is 22.6. The van der Waals surface area contributed by atoms with Crippen LogP contribution in [0.25, 0.3) is 0 Å². The molecule has 3 N–H and O–H groups in total. The van der Waals surface area contributed by atoms with E-state index in [0.29, 0.717) is 49.2 Å². The zero-order valence-electron chi connectivity index (χ0n) is 22.8. The third-order valence-corrected chi connectivity index (χ3v) is 7.16. The van der Waals surface area contributed by atoms with Crippen molar-refractivity contribution in [2.75, 3.05) is 33.4 Å². The van der Waals surface area contributed by atoms with E-state index in [1.165, 1.54) is 5.56 Å². The van der Waals surface area contributed by atoms with E-state index in [9.17, 15) is 4.79 Å². The van der Waals surface area contributed by atoms with Gasteiger partial charge in [0.25, 0.3) is 5.91 Å². The molecule has 0 radical (unpaired) electrons. The van der Waals surface area contributed by atoms with Gasteiger partial charge in [-0.25, -0.2) is 0 Å². The van der Waals surface area contributed by atoms with Crippen LogP contribution < -0.4 is 24.8 Å². The van der Waals surface area contributed by atoms with Crippen molar-refractivity contribution >= 4 is 11.9 Å². The van der Waals surface area contributed by atoms with E-state index >= 15 is 0 Å². The van der Waals surface area contributed by atoms with Gasteiger partial charge in [0.15, 0.2) is 17.7 Å². The Labute approximate surface area is 225 Å². The lowest BCUT2D eigenvalue weighted by Gasteiger charge is -2.43. The van der Waals surface area contributed by atoms with Crippen molar-refractivity contribution in [3.05, 3.63) is 53.6 Å². The minimum atomic E-state index is -0.251. The van der Waals surface area contributed by atoms with E-state index in [1.54, 1.807) is 12.1 Å². The minimum Gasteiger partial charge on any atom is -0.490 e. The predicted octanol–water partition coefficient (Wildman–Crippen LogP) is 4.43. The molecule has 0 bridgehead atoms. The average molecular weight is 522 g/mol. The van der Waals surface area contributed by atoms with Crippen molar-refractivity contribution in [2.24, 2.45) is 0 Å². The smallest absolute Gasteiger partial charge is 0.255 e. The maximum Gasteiger partial charge on any atom is 0.255 e. The van der Waals surface area contributed by atoms with E-state index in [0.717, 1.165) is 25.7 Å². The van der Waals surface area contributed by atoms with Gasteiger partial charge in [0, 0.05) is 25.0 Å². The van der Waals surface area contributed by atoms with Gasteiger partial charge >= 0.3 is 0 Å². The fourth-order valence-electron chi connectivity index (χ4n) is 5.13. The van der Waals surface area contributed by atoms with Crippen molar-refractivity contribution < 1.29 is 19.0 Å². The highest BCUT2D eigenvalue weighted by Crippen LogP contribution is 2.42. The Morgan fingerprint density at radius 2 is 1.66 bits per heavy atom. The van der Waals surface area contributed by atoms with E-state index in [4.69, 9.17) is 24.9 Å². The molecule has 1 aliphatic rings. The van der Waals surface area contributed by atoms with Gasteiger partial charge in [-0.15, -0.1) is 0 Å². The lowest BCUT2D eigenvalue weighted by Crippen LogP contribution is -2.49. The molecule has 0 heterocycles. The van der Waals surface area contributed by atoms with Crippen molar-refractivity contribution in [3.63, 3.8) is 0 Å². The van der Waals surface area contributed by atoms with Gasteiger partial charge in [-0.05, 0) is 64.2 Å². The third kappa shape index (κ3) is 6.49. The summed E-state index contributed by atoms with van der Waals surface area (Å²) in [4.78, 5) is 15.4. The second kappa shape index (κ2) is 13.6. The number of carbonyl (C=O) groups excluding carboxylic acids is 1. The van der Waals surface area contributed by atoms with Crippen LogP contribution in [-0.4, -0.2) is 56.2 Å². The summed E-state index contributed by atoms with van der Waals surface area (Å²) in [6.07, 6.45) is 5.15. The van der Waals surface area contributed by atoms with Crippen LogP contribution in [0.15, 0.2) is 42.5 Å². The van der Waals surface area contributed by atoms with Gasteiger partial charge in [0.05, 0.1) is 25.4 Å². The number of amides is 1. The van der Waals surface area contributed by atoms with E-state index in [-0.39, 0.29) is 23.3 Å². The minimum absolute atomic E-state index is 0.0991. The molecule has 3 rings (SSSR count). The largest absolute Gasteiger partial charge is 0.490 e.